The summed E-state index contributed by atoms with van der Waals surface area (Å²) < 4.78 is 0. The van der Waals surface area contributed by atoms with E-state index in [0.29, 0.717) is 5.92 Å². The number of aliphatic hydroxyl groups is 2. The molecule has 0 amide bonds. The molecule has 0 saturated heterocycles. The second kappa shape index (κ2) is 6.21. The lowest BCUT2D eigenvalue weighted by Gasteiger charge is -2.12. The van der Waals surface area contributed by atoms with Crippen LogP contribution in [-0.4, -0.2) is 22.9 Å². The Morgan fingerprint density at radius 2 is 2.00 bits per heavy atom. The Labute approximate surface area is 74.9 Å². The highest BCUT2D eigenvalue weighted by Crippen LogP contribution is 2.11. The molecule has 0 saturated carbocycles. The lowest BCUT2D eigenvalue weighted by Crippen LogP contribution is -2.10. The molecule has 0 radical (unpaired) electrons. The van der Waals surface area contributed by atoms with Gasteiger partial charge in [-0.05, 0) is 32.6 Å². The Kier molecular flexibility index (Phi) is 6.03. The number of hydrogen-bond acceptors (Lipinski definition) is 2. The number of aliphatic hydroxyl groups excluding tert-OH is 2. The second-order valence-corrected chi connectivity index (χ2v) is 3.66. The molecule has 0 aliphatic heterocycles. The third-order valence-electron chi connectivity index (χ3n) is 1.79. The van der Waals surface area contributed by atoms with Gasteiger partial charge in [0, 0.05) is 6.61 Å². The van der Waals surface area contributed by atoms with E-state index in [-0.39, 0.29) is 12.7 Å². The SMILES string of the molecule is CC(C)=CC(O)CC(C)CCO. The fourth-order valence-electron chi connectivity index (χ4n) is 1.20. The average Bonchev–Trinajstić information content (AvgIpc) is 1.84. The number of rotatable bonds is 5. The standard InChI is InChI=1S/C10H20O2/c1-8(2)6-10(12)7-9(3)4-5-11/h6,9-12H,4-5,7H2,1-3H3. The van der Waals surface area contributed by atoms with E-state index in [2.05, 4.69) is 0 Å². The van der Waals surface area contributed by atoms with Crippen molar-refractivity contribution in [1.82, 2.24) is 0 Å². The highest BCUT2D eigenvalue weighted by atomic mass is 16.3. The highest BCUT2D eigenvalue weighted by Gasteiger charge is 2.06. The van der Waals surface area contributed by atoms with Crippen LogP contribution in [0.4, 0.5) is 0 Å². The van der Waals surface area contributed by atoms with Crippen LogP contribution in [0.25, 0.3) is 0 Å². The molecule has 0 aliphatic carbocycles. The van der Waals surface area contributed by atoms with Gasteiger partial charge in [0.1, 0.15) is 0 Å². The van der Waals surface area contributed by atoms with Gasteiger partial charge in [0.05, 0.1) is 6.10 Å². The van der Waals surface area contributed by atoms with Gasteiger partial charge in [-0.2, -0.15) is 0 Å². The van der Waals surface area contributed by atoms with E-state index in [4.69, 9.17) is 5.11 Å². The molecule has 0 heterocycles. The molecule has 0 fully saturated rings. The minimum Gasteiger partial charge on any atom is -0.396 e. The molecular weight excluding hydrogens is 152 g/mol. The van der Waals surface area contributed by atoms with Crippen LogP contribution in [-0.2, 0) is 0 Å². The molecule has 0 aromatic carbocycles. The molecular formula is C10H20O2. The van der Waals surface area contributed by atoms with Gasteiger partial charge in [0.15, 0.2) is 0 Å². The fraction of sp³-hybridized carbons (Fsp3) is 0.800. The molecule has 2 unspecified atom stereocenters. The van der Waals surface area contributed by atoms with E-state index < -0.39 is 0 Å². The highest BCUT2D eigenvalue weighted by molar-refractivity contribution is 4.97. The van der Waals surface area contributed by atoms with E-state index in [1.807, 2.05) is 26.8 Å². The van der Waals surface area contributed by atoms with Crippen LogP contribution >= 0.6 is 0 Å². The molecule has 0 spiro atoms. The maximum absolute atomic E-state index is 9.46. The Balaban J connectivity index is 3.68. The molecule has 2 nitrogen and oxygen atoms in total. The Hall–Kier alpha value is -0.340. The molecule has 0 bridgehead atoms. The summed E-state index contributed by atoms with van der Waals surface area (Å²) in [6, 6.07) is 0. The lowest BCUT2D eigenvalue weighted by atomic mass is 9.99. The summed E-state index contributed by atoms with van der Waals surface area (Å²) in [6.45, 7) is 6.20. The summed E-state index contributed by atoms with van der Waals surface area (Å²) in [5.41, 5.74) is 1.14. The van der Waals surface area contributed by atoms with Gasteiger partial charge in [-0.25, -0.2) is 0 Å². The van der Waals surface area contributed by atoms with Crippen molar-refractivity contribution in [2.75, 3.05) is 6.61 Å². The molecule has 12 heavy (non-hydrogen) atoms. The molecule has 0 aromatic heterocycles. The lowest BCUT2D eigenvalue weighted by molar-refractivity contribution is 0.174. The number of allylic oxidation sites excluding steroid dienone is 1. The van der Waals surface area contributed by atoms with E-state index in [0.717, 1.165) is 18.4 Å². The van der Waals surface area contributed by atoms with Crippen LogP contribution < -0.4 is 0 Å². The van der Waals surface area contributed by atoms with E-state index in [1.165, 1.54) is 0 Å². The molecule has 0 aromatic rings. The van der Waals surface area contributed by atoms with Gasteiger partial charge >= 0.3 is 0 Å². The first-order chi connectivity index (χ1) is 5.56. The van der Waals surface area contributed by atoms with Crippen LogP contribution in [0.15, 0.2) is 11.6 Å². The first-order valence-corrected chi connectivity index (χ1v) is 4.50. The van der Waals surface area contributed by atoms with E-state index in [1.54, 1.807) is 0 Å². The molecule has 2 atom stereocenters. The van der Waals surface area contributed by atoms with Gasteiger partial charge < -0.3 is 10.2 Å². The summed E-state index contributed by atoms with van der Waals surface area (Å²) in [5.74, 6) is 0.389. The van der Waals surface area contributed by atoms with Crippen LogP contribution in [0.5, 0.6) is 0 Å². The zero-order chi connectivity index (χ0) is 9.56. The maximum Gasteiger partial charge on any atom is 0.0725 e. The Morgan fingerprint density at radius 1 is 1.42 bits per heavy atom. The van der Waals surface area contributed by atoms with Crippen molar-refractivity contribution >= 4 is 0 Å². The normalized spacial score (nSPS) is 15.4. The molecule has 0 aliphatic rings. The van der Waals surface area contributed by atoms with Crippen LogP contribution in [0.3, 0.4) is 0 Å². The minimum absolute atomic E-state index is 0.211. The quantitative estimate of drug-likeness (QED) is 0.620. The van der Waals surface area contributed by atoms with E-state index in [9.17, 15) is 5.11 Å². The van der Waals surface area contributed by atoms with Crippen molar-refractivity contribution in [1.29, 1.82) is 0 Å². The van der Waals surface area contributed by atoms with Gasteiger partial charge in [-0.1, -0.05) is 18.6 Å². The van der Waals surface area contributed by atoms with Crippen molar-refractivity contribution in [3.63, 3.8) is 0 Å². The number of hydrogen-bond donors (Lipinski definition) is 2. The van der Waals surface area contributed by atoms with Gasteiger partial charge in [0.2, 0.25) is 0 Å². The molecule has 2 N–H and O–H groups in total. The monoisotopic (exact) mass is 172 g/mol. The van der Waals surface area contributed by atoms with Crippen molar-refractivity contribution < 1.29 is 10.2 Å². The smallest absolute Gasteiger partial charge is 0.0725 e. The first kappa shape index (κ1) is 11.7. The van der Waals surface area contributed by atoms with Gasteiger partial charge in [-0.3, -0.25) is 0 Å². The summed E-state index contributed by atoms with van der Waals surface area (Å²) in [5, 5.41) is 18.1. The maximum atomic E-state index is 9.46. The topological polar surface area (TPSA) is 40.5 Å². The zero-order valence-corrected chi connectivity index (χ0v) is 8.25. The van der Waals surface area contributed by atoms with Gasteiger partial charge in [-0.15, -0.1) is 0 Å². The van der Waals surface area contributed by atoms with E-state index >= 15 is 0 Å². The van der Waals surface area contributed by atoms with Crippen molar-refractivity contribution in [3.8, 4) is 0 Å². The minimum atomic E-state index is -0.350. The van der Waals surface area contributed by atoms with Crippen LogP contribution in [0.1, 0.15) is 33.6 Å². The van der Waals surface area contributed by atoms with Gasteiger partial charge in [0.25, 0.3) is 0 Å². The molecule has 72 valence electrons. The van der Waals surface area contributed by atoms with Crippen molar-refractivity contribution in [3.05, 3.63) is 11.6 Å². The summed E-state index contributed by atoms with van der Waals surface area (Å²) >= 11 is 0. The second-order valence-electron chi connectivity index (χ2n) is 3.66. The summed E-state index contributed by atoms with van der Waals surface area (Å²) in [6.07, 6.45) is 3.02. The molecule has 0 rings (SSSR count). The molecule has 2 heteroatoms. The predicted octanol–water partition coefficient (Wildman–Crippen LogP) is 1.72. The van der Waals surface area contributed by atoms with Crippen LogP contribution in [0.2, 0.25) is 0 Å². The Morgan fingerprint density at radius 3 is 2.42 bits per heavy atom. The average molecular weight is 172 g/mol. The zero-order valence-electron chi connectivity index (χ0n) is 8.25. The summed E-state index contributed by atoms with van der Waals surface area (Å²) in [7, 11) is 0. The fourth-order valence-corrected chi connectivity index (χ4v) is 1.20. The van der Waals surface area contributed by atoms with Crippen molar-refractivity contribution in [2.24, 2.45) is 5.92 Å². The van der Waals surface area contributed by atoms with Crippen molar-refractivity contribution in [2.45, 2.75) is 39.7 Å². The Bertz CT molecular complexity index is 137. The third-order valence-corrected chi connectivity index (χ3v) is 1.79. The first-order valence-electron chi connectivity index (χ1n) is 4.50. The van der Waals surface area contributed by atoms with Crippen LogP contribution in [0, 0.1) is 5.92 Å². The third kappa shape index (κ3) is 6.38. The summed E-state index contributed by atoms with van der Waals surface area (Å²) in [4.78, 5) is 0. The predicted molar refractivity (Wildman–Crippen MR) is 50.9 cm³/mol. The largest absolute Gasteiger partial charge is 0.396 e.